The molecule has 0 heterocycles. The molecule has 0 radical (unpaired) electrons. The van der Waals surface area contributed by atoms with Crippen molar-refractivity contribution in [2.45, 2.75) is 6.42 Å². The Morgan fingerprint density at radius 2 is 1.50 bits per heavy atom. The van der Waals surface area contributed by atoms with Gasteiger partial charge < -0.3 is 0 Å². The zero-order valence-corrected chi connectivity index (χ0v) is 4.89. The third kappa shape index (κ3) is 1.55. The van der Waals surface area contributed by atoms with Crippen LogP contribution in [0.5, 0.6) is 0 Å². The first-order valence-electron chi connectivity index (χ1n) is 1.82. The molecule has 0 aromatic carbocycles. The van der Waals surface area contributed by atoms with Crippen molar-refractivity contribution in [3.05, 3.63) is 24.3 Å². The van der Waals surface area contributed by atoms with Crippen LogP contribution < -0.4 is 0 Å². The summed E-state index contributed by atoms with van der Waals surface area (Å²) in [5.41, 5.74) is 0. The molecule has 1 aliphatic rings. The van der Waals surface area contributed by atoms with E-state index in [-0.39, 0.29) is 20.4 Å². The number of hydrogen-bond acceptors (Lipinski definition) is 0. The van der Waals surface area contributed by atoms with Gasteiger partial charge in [0.25, 0.3) is 0 Å². The fourth-order valence-corrected chi connectivity index (χ4v) is 0.393. The Labute approximate surface area is 51.6 Å². The van der Waals surface area contributed by atoms with Crippen LogP contribution in [0.25, 0.3) is 0 Å². The van der Waals surface area contributed by atoms with Crippen LogP contribution in [0.3, 0.4) is 0 Å². The Bertz CT molecular complexity index is 62.0. The van der Waals surface area contributed by atoms with Crippen LogP contribution in [0.1, 0.15) is 6.42 Å². The summed E-state index contributed by atoms with van der Waals surface area (Å²) >= 11 is 0. The van der Waals surface area contributed by atoms with E-state index in [1.54, 1.807) is 0 Å². The summed E-state index contributed by atoms with van der Waals surface area (Å²) in [6.45, 7) is 0. The molecule has 0 aliphatic heterocycles. The van der Waals surface area contributed by atoms with Crippen molar-refractivity contribution >= 4 is 0 Å². The second-order valence-corrected chi connectivity index (χ2v) is 1.09. The maximum Gasteiger partial charge on any atom is 0 e. The second-order valence-electron chi connectivity index (χ2n) is 1.09. The van der Waals surface area contributed by atoms with Crippen LogP contribution >= 0.6 is 0 Å². The van der Waals surface area contributed by atoms with Gasteiger partial charge in [-0.1, -0.05) is 24.3 Å². The van der Waals surface area contributed by atoms with Crippen molar-refractivity contribution < 1.29 is 20.4 Å². The van der Waals surface area contributed by atoms with Crippen LogP contribution in [-0.4, -0.2) is 0 Å². The zero-order chi connectivity index (χ0) is 3.54. The third-order valence-corrected chi connectivity index (χ3v) is 0.655. The molecule has 0 spiro atoms. The molecule has 1 rings (SSSR count). The molecule has 36 valence electrons. The molecule has 0 saturated heterocycles. The minimum Gasteiger partial charge on any atom is -0.0808 e. The van der Waals surface area contributed by atoms with Crippen molar-refractivity contribution in [2.24, 2.45) is 0 Å². The molecule has 0 N–H and O–H groups in total. The Morgan fingerprint density at radius 1 is 1.00 bits per heavy atom. The van der Waals surface area contributed by atoms with Gasteiger partial charge in [-0.05, 0) is 6.42 Å². The van der Waals surface area contributed by atoms with Crippen molar-refractivity contribution in [1.29, 1.82) is 0 Å². The van der Waals surface area contributed by atoms with E-state index in [0.29, 0.717) is 0 Å². The second kappa shape index (κ2) is 3.34. The minimum absolute atomic E-state index is 0. The van der Waals surface area contributed by atoms with Crippen molar-refractivity contribution in [1.82, 2.24) is 0 Å². The van der Waals surface area contributed by atoms with Gasteiger partial charge in [0.15, 0.2) is 0 Å². The fourth-order valence-electron chi connectivity index (χ4n) is 0.393. The zero-order valence-electron chi connectivity index (χ0n) is 3.33. The Balaban J connectivity index is 0.000000250. The van der Waals surface area contributed by atoms with Gasteiger partial charge in [-0.2, -0.15) is 0 Å². The quantitative estimate of drug-likeness (QED) is 0.486. The predicted molar refractivity (Wildman–Crippen MR) is 22.9 cm³/mol. The van der Waals surface area contributed by atoms with Crippen LogP contribution in [-0.2, 0) is 20.4 Å². The molecule has 0 aromatic heterocycles. The first kappa shape index (κ1) is 6.14. The molecule has 0 bridgehead atoms. The van der Waals surface area contributed by atoms with Gasteiger partial charge in [0.2, 0.25) is 0 Å². The summed E-state index contributed by atoms with van der Waals surface area (Å²) in [4.78, 5) is 0. The molecular weight excluding hydrogens is 166 g/mol. The number of hydrogen-bond donors (Lipinski definition) is 0. The van der Waals surface area contributed by atoms with Crippen LogP contribution in [0.2, 0.25) is 0 Å². The maximum absolute atomic E-state index is 2.12. The summed E-state index contributed by atoms with van der Waals surface area (Å²) in [5, 5.41) is 0. The maximum atomic E-state index is 2.12. The molecule has 1 heteroatoms. The fraction of sp³-hybridized carbons (Fsp3) is 0.200. The molecule has 0 atom stereocenters. The van der Waals surface area contributed by atoms with Gasteiger partial charge in [-0.3, -0.25) is 0 Å². The number of rotatable bonds is 0. The van der Waals surface area contributed by atoms with E-state index in [9.17, 15) is 0 Å². The smallest absolute Gasteiger partial charge is 0 e. The monoisotopic (exact) mass is 172 g/mol. The average molecular weight is 173 g/mol. The van der Waals surface area contributed by atoms with E-state index in [4.69, 9.17) is 0 Å². The van der Waals surface area contributed by atoms with Gasteiger partial charge >= 0.3 is 0 Å². The Kier molecular flexibility index (Phi) is 3.42. The van der Waals surface area contributed by atoms with Gasteiger partial charge in [0.05, 0.1) is 0 Å². The van der Waals surface area contributed by atoms with Gasteiger partial charge in [-0.15, -0.1) is 0 Å². The predicted octanol–water partition coefficient (Wildman–Crippen LogP) is 1.50. The normalized spacial score (nSPS) is 14.7. The summed E-state index contributed by atoms with van der Waals surface area (Å²) in [5.74, 6) is 0. The number of allylic oxidation sites excluding steroid dienone is 4. The SMILES string of the molecule is C1=CCC=C1.[Pd]. The first-order valence-corrected chi connectivity index (χ1v) is 1.82. The summed E-state index contributed by atoms with van der Waals surface area (Å²) in [6, 6.07) is 0. The molecule has 0 aromatic rings. The van der Waals surface area contributed by atoms with Gasteiger partial charge in [-0.25, -0.2) is 0 Å². The standard InChI is InChI=1S/C5H6.Pd/c1-2-4-5-3-1;/h1-4H,5H2;. The molecule has 0 unspecified atom stereocenters. The third-order valence-electron chi connectivity index (χ3n) is 0.655. The molecule has 1 aliphatic carbocycles. The molecular formula is C5H6Pd. The molecule has 0 amide bonds. The van der Waals surface area contributed by atoms with Crippen molar-refractivity contribution in [3.63, 3.8) is 0 Å². The summed E-state index contributed by atoms with van der Waals surface area (Å²) < 4.78 is 0. The Hall–Kier alpha value is 0.142. The summed E-state index contributed by atoms with van der Waals surface area (Å²) in [6.07, 6.45) is 9.50. The molecule has 0 nitrogen and oxygen atoms in total. The molecule has 6 heavy (non-hydrogen) atoms. The van der Waals surface area contributed by atoms with Crippen molar-refractivity contribution in [2.75, 3.05) is 0 Å². The summed E-state index contributed by atoms with van der Waals surface area (Å²) in [7, 11) is 0. The van der Waals surface area contributed by atoms with E-state index in [1.807, 2.05) is 0 Å². The Morgan fingerprint density at radius 3 is 1.67 bits per heavy atom. The van der Waals surface area contributed by atoms with E-state index in [2.05, 4.69) is 24.3 Å². The van der Waals surface area contributed by atoms with Gasteiger partial charge in [0, 0.05) is 20.4 Å². The van der Waals surface area contributed by atoms with Crippen LogP contribution in [0.4, 0.5) is 0 Å². The van der Waals surface area contributed by atoms with E-state index in [1.165, 1.54) is 0 Å². The first-order chi connectivity index (χ1) is 2.50. The molecule has 0 fully saturated rings. The minimum atomic E-state index is 0. The topological polar surface area (TPSA) is 0 Å². The molecule has 0 saturated carbocycles. The van der Waals surface area contributed by atoms with Crippen molar-refractivity contribution in [3.8, 4) is 0 Å². The van der Waals surface area contributed by atoms with E-state index in [0.717, 1.165) is 6.42 Å². The van der Waals surface area contributed by atoms with Crippen LogP contribution in [0.15, 0.2) is 24.3 Å². The van der Waals surface area contributed by atoms with E-state index >= 15 is 0 Å². The van der Waals surface area contributed by atoms with Crippen LogP contribution in [0, 0.1) is 0 Å². The average Bonchev–Trinajstić information content (AvgIpc) is 1.76. The largest absolute Gasteiger partial charge is 0.0808 e. The van der Waals surface area contributed by atoms with Gasteiger partial charge in [0.1, 0.15) is 0 Å². The van der Waals surface area contributed by atoms with E-state index < -0.39 is 0 Å².